The van der Waals surface area contributed by atoms with Crippen molar-refractivity contribution >= 4 is 68.6 Å². The minimum Gasteiger partial charge on any atom is -0.545 e. The van der Waals surface area contributed by atoms with Crippen molar-refractivity contribution in [2.24, 2.45) is 0 Å². The zero-order valence-corrected chi connectivity index (χ0v) is 54.8. The smallest absolute Gasteiger partial charge is 0.545 e. The Kier molecular flexibility index (Phi) is 22.7. The standard InChI is InChI=1S/C27H24N2O4.C23H21BrN2O3.C23H16N2O4.Na/c1-27(2,3)33-26(31)23-10-9-19(20-11-12-32-17-20)14-24(23)29-25(30)22-13-21(15-28-16-22)18-7-5-4-6-8-18;1-23(2,3)29-22(28)19-10-9-18(24)12-20(19)26-21(27)17-11-16(13-25-14-17)15-7-5-4-6-8-15;26-22(19-10-18(12-24-13-19)15-4-2-1-3-5-15)25-21-11-16(17-8-9-29-14-17)6-7-20(21)23(27)28;/h4-17H,1-3H3,(H,29,30);4-14H,1-3H3,(H,26,27);1-14H,(H,25,26)(H,27,28);/q;;;+1/p-1. The van der Waals surface area contributed by atoms with Crippen molar-refractivity contribution in [3.63, 3.8) is 0 Å². The molecule has 0 saturated carbocycles. The fraction of sp³-hybridized carbons (Fsp3) is 0.110. The van der Waals surface area contributed by atoms with E-state index in [2.05, 4.69) is 46.8 Å². The average Bonchev–Trinajstić information content (AvgIpc) is 1.56. The number of carbonyl (C=O) groups is 6. The number of carboxylic acid groups (broad SMARTS) is 1. The number of aromatic carboxylic acids is 1. The molecule has 3 N–H and O–H groups in total. The molecule has 0 spiro atoms. The van der Waals surface area contributed by atoms with Crippen LogP contribution in [0.2, 0.25) is 0 Å². The largest absolute Gasteiger partial charge is 1.00 e. The molecule has 19 heteroatoms. The zero-order valence-electron chi connectivity index (χ0n) is 51.2. The number of nitrogens with zero attached hydrogens (tertiary/aromatic N) is 3. The summed E-state index contributed by atoms with van der Waals surface area (Å²) in [6.07, 6.45) is 15.7. The number of carboxylic acids is 1. The molecular formula is C73H60BrN6NaO11. The molecule has 5 aromatic heterocycles. The number of hydrogen-bond donors (Lipinski definition) is 3. The Bertz CT molecular complexity index is 4380. The number of carbonyl (C=O) groups excluding carboxylic acids is 6. The van der Waals surface area contributed by atoms with Gasteiger partial charge >= 0.3 is 41.5 Å². The molecule has 11 rings (SSSR count). The molecule has 0 aliphatic rings. The summed E-state index contributed by atoms with van der Waals surface area (Å²) < 4.78 is 22.0. The third kappa shape index (κ3) is 18.6. The molecular weight excluding hydrogens is 1240 g/mol. The van der Waals surface area contributed by atoms with Crippen molar-refractivity contribution in [3.8, 4) is 55.6 Å². The Morgan fingerprint density at radius 1 is 0.391 bits per heavy atom. The molecule has 0 fully saturated rings. The van der Waals surface area contributed by atoms with Gasteiger partial charge < -0.3 is 44.2 Å². The van der Waals surface area contributed by atoms with E-state index in [0.717, 1.165) is 54.5 Å². The molecule has 17 nitrogen and oxygen atoms in total. The molecule has 5 heterocycles. The van der Waals surface area contributed by atoms with Gasteiger partial charge in [-0.25, -0.2) is 9.59 Å². The molecule has 456 valence electrons. The van der Waals surface area contributed by atoms with Crippen LogP contribution in [0.5, 0.6) is 0 Å². The van der Waals surface area contributed by atoms with Crippen molar-refractivity contribution in [2.45, 2.75) is 52.7 Å². The Balaban J connectivity index is 0.000000177. The van der Waals surface area contributed by atoms with E-state index in [4.69, 9.17) is 18.3 Å². The molecule has 0 aliphatic carbocycles. The number of anilines is 3. The quantitative estimate of drug-likeness (QED) is 0.0677. The van der Waals surface area contributed by atoms with Crippen molar-refractivity contribution in [3.05, 3.63) is 276 Å². The van der Waals surface area contributed by atoms with Crippen molar-refractivity contribution in [2.75, 3.05) is 16.0 Å². The van der Waals surface area contributed by atoms with Gasteiger partial charge in [0.25, 0.3) is 17.7 Å². The second-order valence-electron chi connectivity index (χ2n) is 22.4. The first-order chi connectivity index (χ1) is 43.6. The van der Waals surface area contributed by atoms with E-state index < -0.39 is 35.0 Å². The Morgan fingerprint density at radius 3 is 1.07 bits per heavy atom. The van der Waals surface area contributed by atoms with E-state index in [1.165, 1.54) is 37.2 Å². The minimum atomic E-state index is -1.38. The van der Waals surface area contributed by atoms with Crippen LogP contribution in [0.3, 0.4) is 0 Å². The van der Waals surface area contributed by atoms with Crippen molar-refractivity contribution < 1.29 is 81.7 Å². The molecule has 0 bridgehead atoms. The van der Waals surface area contributed by atoms with E-state index in [1.54, 1.807) is 152 Å². The number of hydrogen-bond acceptors (Lipinski definition) is 14. The van der Waals surface area contributed by atoms with Crippen molar-refractivity contribution in [1.29, 1.82) is 0 Å². The van der Waals surface area contributed by atoms with Gasteiger partial charge in [0.2, 0.25) is 0 Å². The number of benzene rings is 6. The molecule has 0 atom stereocenters. The maximum Gasteiger partial charge on any atom is 1.00 e. The number of esters is 2. The topological polar surface area (TPSA) is 245 Å². The van der Waals surface area contributed by atoms with Crippen LogP contribution in [0.1, 0.15) is 104 Å². The van der Waals surface area contributed by atoms with Crippen LogP contribution in [-0.2, 0) is 9.47 Å². The van der Waals surface area contributed by atoms with Gasteiger partial charge in [-0.05, 0) is 136 Å². The van der Waals surface area contributed by atoms with Gasteiger partial charge in [-0.3, -0.25) is 29.3 Å². The summed E-state index contributed by atoms with van der Waals surface area (Å²) in [6, 6.07) is 52.5. The number of halogens is 1. The maximum absolute atomic E-state index is 13.1. The fourth-order valence-corrected chi connectivity index (χ4v) is 9.33. The molecule has 0 saturated heterocycles. The van der Waals surface area contributed by atoms with Gasteiger partial charge in [0, 0.05) is 75.0 Å². The van der Waals surface area contributed by atoms with Gasteiger partial charge in [0.1, 0.15) is 11.2 Å². The number of pyridine rings is 3. The third-order valence-corrected chi connectivity index (χ3v) is 13.7. The molecule has 6 aromatic carbocycles. The average molecular weight is 1300 g/mol. The van der Waals surface area contributed by atoms with Crippen LogP contribution < -0.4 is 50.6 Å². The van der Waals surface area contributed by atoms with E-state index in [-0.39, 0.29) is 63.7 Å². The van der Waals surface area contributed by atoms with Gasteiger partial charge in [0.15, 0.2) is 0 Å². The van der Waals surface area contributed by atoms with Crippen LogP contribution in [0.4, 0.5) is 17.1 Å². The molecule has 0 aliphatic heterocycles. The number of furan rings is 2. The number of nitrogens with one attached hydrogen (secondary N) is 3. The first kappa shape index (κ1) is 67.6. The summed E-state index contributed by atoms with van der Waals surface area (Å²) in [5, 5.41) is 19.8. The summed E-state index contributed by atoms with van der Waals surface area (Å²) in [7, 11) is 0. The second kappa shape index (κ2) is 30.9. The van der Waals surface area contributed by atoms with Gasteiger partial charge in [-0.2, -0.15) is 0 Å². The predicted molar refractivity (Wildman–Crippen MR) is 350 cm³/mol. The zero-order chi connectivity index (χ0) is 64.7. The number of amides is 3. The summed E-state index contributed by atoms with van der Waals surface area (Å²) in [5.41, 5.74) is 9.41. The van der Waals surface area contributed by atoms with Crippen LogP contribution in [0.15, 0.2) is 251 Å². The Morgan fingerprint density at radius 2 is 0.728 bits per heavy atom. The van der Waals surface area contributed by atoms with Gasteiger partial charge in [-0.1, -0.05) is 125 Å². The first-order valence-electron chi connectivity index (χ1n) is 28.4. The van der Waals surface area contributed by atoms with Gasteiger partial charge in [-0.15, -0.1) is 0 Å². The van der Waals surface area contributed by atoms with Crippen LogP contribution in [0, 0.1) is 0 Å². The van der Waals surface area contributed by atoms with E-state index >= 15 is 0 Å². The van der Waals surface area contributed by atoms with E-state index in [9.17, 15) is 33.9 Å². The summed E-state index contributed by atoms with van der Waals surface area (Å²) in [5.74, 6) is -3.62. The van der Waals surface area contributed by atoms with Crippen molar-refractivity contribution in [1.82, 2.24) is 15.0 Å². The predicted octanol–water partition coefficient (Wildman–Crippen LogP) is 12.6. The number of rotatable bonds is 14. The third-order valence-electron chi connectivity index (χ3n) is 13.3. The van der Waals surface area contributed by atoms with Gasteiger partial charge in [0.05, 0.1) is 75.9 Å². The van der Waals surface area contributed by atoms with Crippen LogP contribution >= 0.6 is 15.9 Å². The van der Waals surface area contributed by atoms with Crippen LogP contribution in [0.25, 0.3) is 55.6 Å². The molecule has 11 aromatic rings. The minimum absolute atomic E-state index is 0. The SMILES string of the molecule is CC(C)(C)OC(=O)c1ccc(-c2ccoc2)cc1NC(=O)c1cncc(-c2ccccc2)c1.CC(C)(C)OC(=O)c1ccc(Br)cc1NC(=O)c1cncc(-c2ccccc2)c1.O=C(Nc1cc(-c2ccoc2)ccc1C(=O)[O-])c1cncc(-c2ccccc2)c1.[Na+]. The number of aromatic nitrogens is 3. The normalized spacial score (nSPS) is 10.8. The summed E-state index contributed by atoms with van der Waals surface area (Å²) in [6.45, 7) is 10.8. The second-order valence-corrected chi connectivity index (χ2v) is 23.3. The van der Waals surface area contributed by atoms with E-state index in [1.807, 2.05) is 91.0 Å². The first-order valence-corrected chi connectivity index (χ1v) is 29.2. The molecule has 92 heavy (non-hydrogen) atoms. The Hall–Kier alpha value is -10.4. The molecule has 0 radical (unpaired) electrons. The molecule has 3 amide bonds. The number of ether oxygens (including phenoxy) is 2. The summed E-state index contributed by atoms with van der Waals surface area (Å²) >= 11 is 3.38. The molecule has 0 unspecified atom stereocenters. The van der Waals surface area contributed by atoms with E-state index in [0.29, 0.717) is 33.6 Å². The monoisotopic (exact) mass is 1300 g/mol. The van der Waals surface area contributed by atoms with Crippen LogP contribution in [-0.4, -0.2) is 61.8 Å². The summed E-state index contributed by atoms with van der Waals surface area (Å²) in [4.78, 5) is 88.2. The maximum atomic E-state index is 13.1. The Labute approximate surface area is 561 Å². The fourth-order valence-electron chi connectivity index (χ4n) is 8.97.